The van der Waals surface area contributed by atoms with Crippen molar-refractivity contribution in [2.24, 2.45) is 4.99 Å². The second kappa shape index (κ2) is 5.65. The number of rotatable bonds is 1. The zero-order valence-electron chi connectivity index (χ0n) is 10.1. The van der Waals surface area contributed by atoms with Crippen molar-refractivity contribution in [1.29, 1.82) is 0 Å². The monoisotopic (exact) mass is 301 g/mol. The SMILES string of the molecule is O=C(N=c1ccn(O)cc1)Nc1c(F)c(F)cc(F)c1F. The van der Waals surface area contributed by atoms with Crippen molar-refractivity contribution < 1.29 is 27.6 Å². The number of anilines is 1. The maximum absolute atomic E-state index is 13.3. The predicted octanol–water partition coefficient (Wildman–Crippen LogP) is 2.41. The van der Waals surface area contributed by atoms with Crippen LogP contribution in [0, 0.1) is 23.3 Å². The van der Waals surface area contributed by atoms with Crippen LogP contribution in [0.3, 0.4) is 0 Å². The number of amides is 2. The van der Waals surface area contributed by atoms with E-state index in [0.717, 1.165) is 12.4 Å². The van der Waals surface area contributed by atoms with Crippen molar-refractivity contribution in [3.05, 3.63) is 59.2 Å². The lowest BCUT2D eigenvalue weighted by Crippen LogP contribution is -2.16. The molecule has 0 unspecified atom stereocenters. The number of nitrogens with one attached hydrogen (secondary N) is 1. The van der Waals surface area contributed by atoms with Gasteiger partial charge in [-0.15, -0.1) is 0 Å². The number of carbonyl (C=O) groups excluding carboxylic acids is 1. The van der Waals surface area contributed by atoms with Crippen LogP contribution in [0.15, 0.2) is 35.6 Å². The summed E-state index contributed by atoms with van der Waals surface area (Å²) in [6.07, 6.45) is 2.30. The second-order valence-corrected chi connectivity index (χ2v) is 3.82. The Morgan fingerprint density at radius 1 is 1.10 bits per heavy atom. The molecular weight excluding hydrogens is 294 g/mol. The van der Waals surface area contributed by atoms with Gasteiger partial charge in [0.05, 0.1) is 5.36 Å². The number of hydrogen-bond acceptors (Lipinski definition) is 2. The quantitative estimate of drug-likeness (QED) is 0.482. The summed E-state index contributed by atoms with van der Waals surface area (Å²) in [6, 6.07) is 1.22. The van der Waals surface area contributed by atoms with Crippen LogP contribution in [-0.4, -0.2) is 16.0 Å². The van der Waals surface area contributed by atoms with Gasteiger partial charge in [0.15, 0.2) is 23.3 Å². The number of hydrogen-bond donors (Lipinski definition) is 2. The van der Waals surface area contributed by atoms with Crippen LogP contribution in [0.25, 0.3) is 0 Å². The molecule has 2 rings (SSSR count). The molecule has 5 nitrogen and oxygen atoms in total. The minimum absolute atomic E-state index is 0.0225. The summed E-state index contributed by atoms with van der Waals surface area (Å²) >= 11 is 0. The molecule has 110 valence electrons. The van der Waals surface area contributed by atoms with E-state index < -0.39 is 35.0 Å². The third-order valence-corrected chi connectivity index (χ3v) is 2.37. The van der Waals surface area contributed by atoms with Gasteiger partial charge in [-0.25, -0.2) is 27.1 Å². The lowest BCUT2D eigenvalue weighted by Gasteiger charge is -2.06. The highest BCUT2D eigenvalue weighted by atomic mass is 19.2. The number of halogens is 4. The van der Waals surface area contributed by atoms with E-state index in [1.54, 1.807) is 5.32 Å². The van der Waals surface area contributed by atoms with Crippen LogP contribution in [0.5, 0.6) is 0 Å². The van der Waals surface area contributed by atoms with Crippen molar-refractivity contribution in [2.75, 3.05) is 5.32 Å². The molecule has 1 aromatic carbocycles. The third kappa shape index (κ3) is 3.19. The van der Waals surface area contributed by atoms with Crippen LogP contribution < -0.4 is 10.7 Å². The fraction of sp³-hybridized carbons (Fsp3) is 0. The van der Waals surface area contributed by atoms with Gasteiger partial charge in [0, 0.05) is 18.5 Å². The zero-order valence-corrected chi connectivity index (χ0v) is 10.1. The minimum atomic E-state index is -1.74. The molecule has 1 aromatic heterocycles. The van der Waals surface area contributed by atoms with Crippen molar-refractivity contribution in [1.82, 2.24) is 4.73 Å². The van der Waals surface area contributed by atoms with E-state index in [2.05, 4.69) is 4.99 Å². The van der Waals surface area contributed by atoms with Crippen LogP contribution >= 0.6 is 0 Å². The summed E-state index contributed by atoms with van der Waals surface area (Å²) < 4.78 is 53.2. The van der Waals surface area contributed by atoms with Gasteiger partial charge in [0.2, 0.25) is 0 Å². The van der Waals surface area contributed by atoms with Crippen molar-refractivity contribution in [3.63, 3.8) is 0 Å². The Morgan fingerprint density at radius 3 is 2.14 bits per heavy atom. The number of aromatic nitrogens is 1. The van der Waals surface area contributed by atoms with Gasteiger partial charge in [-0.05, 0) is 12.1 Å². The highest BCUT2D eigenvalue weighted by Gasteiger charge is 2.20. The van der Waals surface area contributed by atoms with Crippen LogP contribution in [0.1, 0.15) is 0 Å². The molecule has 0 saturated carbocycles. The zero-order chi connectivity index (χ0) is 15.6. The number of urea groups is 1. The lowest BCUT2D eigenvalue weighted by atomic mass is 10.2. The Kier molecular flexibility index (Phi) is 3.92. The molecule has 0 aliphatic carbocycles. The molecule has 2 N–H and O–H groups in total. The normalized spacial score (nSPS) is 10.3. The van der Waals surface area contributed by atoms with E-state index in [0.29, 0.717) is 4.73 Å². The molecule has 0 spiro atoms. The Hall–Kier alpha value is -2.84. The van der Waals surface area contributed by atoms with Gasteiger partial charge < -0.3 is 10.5 Å². The Balaban J connectivity index is 2.33. The fourth-order valence-corrected chi connectivity index (χ4v) is 1.42. The van der Waals surface area contributed by atoms with Gasteiger partial charge in [-0.3, -0.25) is 0 Å². The number of benzene rings is 1. The topological polar surface area (TPSA) is 66.6 Å². The Bertz CT molecular complexity index is 727. The largest absolute Gasteiger partial charge is 0.429 e. The van der Waals surface area contributed by atoms with E-state index in [9.17, 15) is 22.4 Å². The van der Waals surface area contributed by atoms with Crippen LogP contribution in [0.2, 0.25) is 0 Å². The van der Waals surface area contributed by atoms with E-state index in [1.165, 1.54) is 12.1 Å². The number of pyridine rings is 1. The summed E-state index contributed by atoms with van der Waals surface area (Å²) in [6.45, 7) is 0. The molecule has 0 bridgehead atoms. The maximum atomic E-state index is 13.3. The predicted molar refractivity (Wildman–Crippen MR) is 62.5 cm³/mol. The first kappa shape index (κ1) is 14.6. The van der Waals surface area contributed by atoms with E-state index in [1.807, 2.05) is 0 Å². The average molecular weight is 301 g/mol. The van der Waals surface area contributed by atoms with Crippen molar-refractivity contribution >= 4 is 11.7 Å². The van der Waals surface area contributed by atoms with Crippen LogP contribution in [-0.2, 0) is 0 Å². The van der Waals surface area contributed by atoms with Crippen molar-refractivity contribution in [2.45, 2.75) is 0 Å². The highest BCUT2D eigenvalue weighted by molar-refractivity contribution is 5.90. The van der Waals surface area contributed by atoms with Gasteiger partial charge in [0.25, 0.3) is 0 Å². The van der Waals surface area contributed by atoms with E-state index in [4.69, 9.17) is 5.21 Å². The Morgan fingerprint density at radius 2 is 1.62 bits per heavy atom. The van der Waals surface area contributed by atoms with Crippen molar-refractivity contribution in [3.8, 4) is 0 Å². The molecule has 0 aliphatic heterocycles. The number of nitrogens with zero attached hydrogens (tertiary/aromatic N) is 2. The molecule has 0 aliphatic rings. The molecule has 2 aromatic rings. The summed E-state index contributed by atoms with van der Waals surface area (Å²) in [5.74, 6) is -6.77. The van der Waals surface area contributed by atoms with Gasteiger partial charge in [0.1, 0.15) is 5.69 Å². The second-order valence-electron chi connectivity index (χ2n) is 3.82. The lowest BCUT2D eigenvalue weighted by molar-refractivity contribution is 0.184. The maximum Gasteiger partial charge on any atom is 0.346 e. The molecule has 0 radical (unpaired) electrons. The van der Waals surface area contributed by atoms with Gasteiger partial charge in [-0.1, -0.05) is 0 Å². The average Bonchev–Trinajstić information content (AvgIpc) is 2.44. The first-order valence-electron chi connectivity index (χ1n) is 5.45. The summed E-state index contributed by atoms with van der Waals surface area (Å²) in [7, 11) is 0. The first-order valence-corrected chi connectivity index (χ1v) is 5.45. The molecule has 9 heteroatoms. The standard InChI is InChI=1S/C12H7F4N3O2/c13-7-5-8(14)10(16)11(9(7)15)18-12(20)17-6-1-3-19(21)4-2-6/h1-5,21H,(H,18,20). The molecule has 0 fully saturated rings. The molecule has 2 amide bonds. The summed E-state index contributed by atoms with van der Waals surface area (Å²) in [5.41, 5.74) is -1.27. The van der Waals surface area contributed by atoms with Gasteiger partial charge >= 0.3 is 6.03 Å². The van der Waals surface area contributed by atoms with Gasteiger partial charge in [-0.2, -0.15) is 4.99 Å². The molecule has 0 atom stereocenters. The summed E-state index contributed by atoms with van der Waals surface area (Å²) in [4.78, 5) is 14.9. The smallest absolute Gasteiger partial charge is 0.346 e. The highest BCUT2D eigenvalue weighted by Crippen LogP contribution is 2.24. The van der Waals surface area contributed by atoms with E-state index in [-0.39, 0.29) is 11.4 Å². The van der Waals surface area contributed by atoms with Crippen LogP contribution in [0.4, 0.5) is 28.0 Å². The first-order chi connectivity index (χ1) is 9.88. The third-order valence-electron chi connectivity index (χ3n) is 2.37. The Labute approximate surface area is 114 Å². The molecule has 1 heterocycles. The minimum Gasteiger partial charge on any atom is -0.429 e. The summed E-state index contributed by atoms with van der Waals surface area (Å²) in [5, 5.41) is 10.6. The molecular formula is C12H7F4N3O2. The molecule has 0 saturated heterocycles. The molecule has 21 heavy (non-hydrogen) atoms. The van der Waals surface area contributed by atoms with E-state index >= 15 is 0 Å². The number of carbonyl (C=O) groups is 1. The fourth-order valence-electron chi connectivity index (χ4n) is 1.42.